The van der Waals surface area contributed by atoms with Gasteiger partial charge in [-0.2, -0.15) is 11.3 Å². The number of carboxylic acid groups (broad SMARTS) is 2. The van der Waals surface area contributed by atoms with E-state index in [0.717, 1.165) is 42.2 Å². The van der Waals surface area contributed by atoms with E-state index in [1.54, 1.807) is 57.2 Å². The molecule has 5 aromatic rings. The van der Waals surface area contributed by atoms with Crippen LogP contribution in [0.5, 0.6) is 0 Å². The number of thiophene rings is 2. The predicted octanol–water partition coefficient (Wildman–Crippen LogP) is 3.46. The number of ether oxygens (including phenoxy) is 1. The van der Waals surface area contributed by atoms with Crippen LogP contribution >= 0.6 is 22.7 Å². The highest BCUT2D eigenvalue weighted by atomic mass is 32.1. The van der Waals surface area contributed by atoms with Crippen LogP contribution in [0.4, 0.5) is 9.59 Å². The van der Waals surface area contributed by atoms with Gasteiger partial charge in [0.1, 0.15) is 66.1 Å². The number of urea groups is 1. The number of hydrogen-bond donors (Lipinski definition) is 19. The van der Waals surface area contributed by atoms with Gasteiger partial charge in [0.15, 0.2) is 0 Å². The summed E-state index contributed by atoms with van der Waals surface area (Å²) in [6, 6.07) is 3.19. The zero-order chi connectivity index (χ0) is 99.5. The number of carboxylic acids is 2. The number of allylic oxidation sites excluding steroid dienone is 3. The Morgan fingerprint density at radius 1 is 0.562 bits per heavy atom. The Balaban J connectivity index is 1.02. The van der Waals surface area contributed by atoms with Gasteiger partial charge in [-0.1, -0.05) is 119 Å². The molecule has 2 aromatic heterocycles. The number of aliphatic hydroxyl groups excluding tert-OH is 2. The lowest BCUT2D eigenvalue weighted by Crippen LogP contribution is -2.63. The molecule has 4 aliphatic heterocycles. The van der Waals surface area contributed by atoms with Gasteiger partial charge >= 0.3 is 24.1 Å². The molecule has 39 nitrogen and oxygen atoms in total. The quantitative estimate of drug-likeness (QED) is 0.0667. The van der Waals surface area contributed by atoms with Gasteiger partial charge < -0.3 is 110 Å². The van der Waals surface area contributed by atoms with Crippen molar-refractivity contribution in [1.82, 2.24) is 84.2 Å². The summed E-state index contributed by atoms with van der Waals surface area (Å²) in [5.41, 5.74) is 5.52. The summed E-state index contributed by atoms with van der Waals surface area (Å²) < 4.78 is 6.81. The van der Waals surface area contributed by atoms with Gasteiger partial charge in [0.2, 0.25) is 76.8 Å². The summed E-state index contributed by atoms with van der Waals surface area (Å²) in [4.78, 5) is 244. The summed E-state index contributed by atoms with van der Waals surface area (Å²) in [5, 5.41) is 86.4. The smallest absolute Gasteiger partial charge is 0.409 e. The molecule has 3 aromatic carbocycles. The van der Waals surface area contributed by atoms with E-state index in [0.29, 0.717) is 42.4 Å². The molecule has 41 heteroatoms. The molecule has 9 rings (SSSR count). The monoisotopic (exact) mass is 1940 g/mol. The Bertz CT molecular complexity index is 5090. The standard InChI is InChI=1S/C96H131N17O22S2/c1-57-81(120)99-58(2)82(121)104-70(47-60-28-18-17-19-29-60)87(126)103-67-33-22-24-41-98-78(116)36-35-66(80(97)119)102-88(127)72(50-64-56-137-77-34-21-20-32-65(64)77)106-86(125)69(49-62-38-45-136-55-62)101-75-53-112(54-76(75)108-83(67)122)94(134)135-44-25-16-14-12-10-8-7-9-11-13-15-23-39-96(40-27-42-113(96)59(3)115)92(132)109-73(51-79(117)118)89(128)107-74(52-95(4,5)6)90(129)111-93(133)110-68(37-43-114)84(123)105-71(85(124)100-57)48-61-30-26-31-63(46-61)91(130)131/h12,14-15,17-21,23,26,28-32,34,38,45-46,55-58,66-76,90,101,114,129H,7-11,13,16,22,24-25,27,33,35-37,39-44,47-54H2,1-6H3,(H2,97,119)(H,98,116)(H,99,120)(H,100,124)(H,102,127)(H,103,126)(H,104,121)(H,105,123)(H,106,125)(H,107,128)(H,108,122)(H,109,132)(H,117,118)(H,130,131)(H2,110,111,133)/b14-12+,23-15+/t57-,58-,66-,67-,68-,69-,70-,71-,72-,73-,74-,75?,76+,90?,96-/m0/s1. The number of cyclic esters (lactones) is 1. The largest absolute Gasteiger partial charge is 0.481 e. The number of carbonyl (C=O) groups excluding carboxylic acids is 15. The molecular formula is C96H131N17O22S2. The number of rotatable bonds is 15. The lowest BCUT2D eigenvalue weighted by Gasteiger charge is -2.37. The van der Waals surface area contributed by atoms with Gasteiger partial charge in [-0.15, -0.1) is 11.3 Å². The summed E-state index contributed by atoms with van der Waals surface area (Å²) in [6.07, 6.45) is 8.68. The van der Waals surface area contributed by atoms with E-state index >= 15 is 14.4 Å². The number of carbonyl (C=O) groups is 17. The summed E-state index contributed by atoms with van der Waals surface area (Å²) in [5.74, 6) is -13.9. The fraction of sp³-hybridized carbons (Fsp3) is 0.531. The number of aromatic carboxylic acids is 1. The molecule has 0 radical (unpaired) electrons. The lowest BCUT2D eigenvalue weighted by atomic mass is 9.87. The van der Waals surface area contributed by atoms with Crippen molar-refractivity contribution in [2.24, 2.45) is 11.1 Å². The first kappa shape index (κ1) is 108. The number of aliphatic hydroxyl groups is 2. The molecular weight excluding hydrogens is 1810 g/mol. The number of fused-ring (bicyclic) bond motifs is 4. The SMILES string of the molecule is CC(=O)N1CCC[C@]12C/C=C/CCCCCC/C=C/CCCOC(=O)N1CC3N[C@@H](Cc4ccsc4)C(=O)N[C@@H](Cc4csc5ccccc45)C(=O)N[C@H](C(N)=O)CCC(=O)NCCCC[C@H](NC(=O)[C@H](Cc4ccccc4)NC(=O)[C@H](C)NC(=O)[C@H](C)NC(=O)[C@H](Cc4cccc(C(=O)O)c4)NC(=O)[C@H](CCO)NC(=O)NC(O)[C@H](CC(C)(C)C)NC(=O)[C@H](CC(=O)O)NC2=O)C(=O)N[C@@H]3C1. The number of nitrogens with one attached hydrogen (secondary N) is 14. The second-order valence-electron chi connectivity index (χ2n) is 36.4. The van der Waals surface area contributed by atoms with Crippen LogP contribution in [0.3, 0.4) is 0 Å². The van der Waals surface area contributed by atoms with Crippen LogP contribution in [0.25, 0.3) is 10.1 Å². The molecule has 0 saturated carbocycles. The molecule has 6 heterocycles. The van der Waals surface area contributed by atoms with Crippen LogP contribution in [-0.4, -0.2) is 261 Å². The summed E-state index contributed by atoms with van der Waals surface area (Å²) >= 11 is 2.80. The first-order chi connectivity index (χ1) is 65.4. The summed E-state index contributed by atoms with van der Waals surface area (Å²) in [6.45, 7) is 8.11. The fourth-order valence-corrected chi connectivity index (χ4v) is 18.6. The van der Waals surface area contributed by atoms with Crippen molar-refractivity contribution in [2.45, 2.75) is 280 Å². The first-order valence-corrected chi connectivity index (χ1v) is 48.5. The summed E-state index contributed by atoms with van der Waals surface area (Å²) in [7, 11) is 0. The third-order valence-electron chi connectivity index (χ3n) is 24.3. The van der Waals surface area contributed by atoms with Crippen LogP contribution < -0.4 is 80.2 Å². The van der Waals surface area contributed by atoms with Crippen molar-refractivity contribution >= 4 is 134 Å². The van der Waals surface area contributed by atoms with Gasteiger partial charge in [0.05, 0.1) is 36.7 Å². The number of aliphatic carboxylic acids is 1. The number of nitrogens with zero attached hydrogens (tertiary/aromatic N) is 2. The Morgan fingerprint density at radius 2 is 1.17 bits per heavy atom. The maximum absolute atomic E-state index is 15.5. The number of benzene rings is 3. The zero-order valence-corrected chi connectivity index (χ0v) is 79.8. The fourth-order valence-electron chi connectivity index (χ4n) is 17.0. The maximum Gasteiger partial charge on any atom is 0.409 e. The lowest BCUT2D eigenvalue weighted by molar-refractivity contribution is -0.146. The second kappa shape index (κ2) is 53.1. The highest BCUT2D eigenvalue weighted by molar-refractivity contribution is 7.17. The molecule has 4 aliphatic rings. The number of likely N-dealkylation sites (tertiary alicyclic amines) is 1. The van der Waals surface area contributed by atoms with Gasteiger partial charge in [0.25, 0.3) is 0 Å². The minimum atomic E-state index is -2.02. The molecule has 3 bridgehead atoms. The van der Waals surface area contributed by atoms with Crippen LogP contribution in [0, 0.1) is 5.41 Å². The molecule has 15 atom stereocenters. The topological polar surface area (TPSA) is 581 Å². The Labute approximate surface area is 803 Å². The molecule has 20 N–H and O–H groups in total. The molecule has 3 fully saturated rings. The highest BCUT2D eigenvalue weighted by Crippen LogP contribution is 2.35. The number of primary amides is 1. The van der Waals surface area contributed by atoms with E-state index in [-0.39, 0.29) is 115 Å². The third-order valence-corrected chi connectivity index (χ3v) is 26.1. The van der Waals surface area contributed by atoms with Crippen LogP contribution in [-0.2, 0) is 97.5 Å². The molecule has 2 unspecified atom stereocenters. The average Bonchev–Trinajstić information content (AvgIpc) is 1.64. The molecule has 3 saturated heterocycles. The third kappa shape index (κ3) is 33.9. The van der Waals surface area contributed by atoms with Crippen molar-refractivity contribution in [2.75, 3.05) is 39.4 Å². The van der Waals surface area contributed by atoms with Crippen molar-refractivity contribution in [3.63, 3.8) is 0 Å². The number of nitrogens with two attached hydrogens (primary N) is 1. The van der Waals surface area contributed by atoms with Gasteiger partial charge in [0, 0.05) is 76.1 Å². The first-order valence-electron chi connectivity index (χ1n) is 46.6. The van der Waals surface area contributed by atoms with Crippen LogP contribution in [0.1, 0.15) is 196 Å². The Hall–Kier alpha value is -12.7. The van der Waals surface area contributed by atoms with Crippen LogP contribution in [0.15, 0.2) is 125 Å². The van der Waals surface area contributed by atoms with Crippen molar-refractivity contribution in [3.05, 3.63) is 153 Å². The normalized spacial score (nSPS) is 26.9. The minimum Gasteiger partial charge on any atom is -0.481 e. The molecule has 744 valence electrons. The van der Waals surface area contributed by atoms with Crippen molar-refractivity contribution in [3.8, 4) is 0 Å². The van der Waals surface area contributed by atoms with Crippen molar-refractivity contribution in [1.29, 1.82) is 0 Å². The molecule has 1 spiro atoms. The predicted molar refractivity (Wildman–Crippen MR) is 509 cm³/mol. The van der Waals surface area contributed by atoms with Gasteiger partial charge in [-0.05, 0) is 190 Å². The number of hydrogen-bond acceptors (Lipinski definition) is 23. The highest BCUT2D eigenvalue weighted by Gasteiger charge is 2.50. The maximum atomic E-state index is 15.5. The Morgan fingerprint density at radius 3 is 1.84 bits per heavy atom. The minimum absolute atomic E-state index is 0.0124. The van der Waals surface area contributed by atoms with E-state index < -0.39 is 222 Å². The van der Waals surface area contributed by atoms with E-state index in [9.17, 15) is 87.5 Å². The average molecular weight is 1940 g/mol. The van der Waals surface area contributed by atoms with E-state index in [4.69, 9.17) is 10.5 Å². The van der Waals surface area contributed by atoms with E-state index in [1.165, 1.54) is 77.5 Å². The Kier molecular flexibility index (Phi) is 41.8. The molecule has 16 amide bonds. The second-order valence-corrected chi connectivity index (χ2v) is 38.1. The van der Waals surface area contributed by atoms with Gasteiger partial charge in [-0.3, -0.25) is 72.4 Å². The van der Waals surface area contributed by atoms with E-state index in [2.05, 4.69) is 74.4 Å². The molecule has 0 aliphatic carbocycles. The zero-order valence-electron chi connectivity index (χ0n) is 78.1. The van der Waals surface area contributed by atoms with Crippen LogP contribution in [0.2, 0.25) is 0 Å². The molecule has 137 heavy (non-hydrogen) atoms. The van der Waals surface area contributed by atoms with E-state index in [1.807, 2.05) is 64.7 Å². The van der Waals surface area contributed by atoms with Gasteiger partial charge in [-0.25, -0.2) is 14.4 Å². The van der Waals surface area contributed by atoms with Crippen molar-refractivity contribution < 1.29 is 107 Å². The number of amides is 16.